The topological polar surface area (TPSA) is 38.4 Å². The molecular formula is C20H22N2. The minimum atomic E-state index is 0.310. The normalized spacial score (nSPS) is 11.9. The van der Waals surface area contributed by atoms with Crippen LogP contribution in [0.2, 0.25) is 0 Å². The molecule has 0 bridgehead atoms. The molecule has 0 unspecified atom stereocenters. The Morgan fingerprint density at radius 3 is 2.36 bits per heavy atom. The maximum Gasteiger partial charge on any atom is 0.116 e. The predicted molar refractivity (Wildman–Crippen MR) is 96.8 cm³/mol. The second-order valence-corrected chi connectivity index (χ2v) is 5.31. The summed E-state index contributed by atoms with van der Waals surface area (Å²) in [6.45, 7) is 9.90. The van der Waals surface area contributed by atoms with E-state index in [1.807, 2.05) is 13.0 Å². The van der Waals surface area contributed by atoms with Crippen LogP contribution in [-0.4, -0.2) is 6.21 Å². The van der Waals surface area contributed by atoms with Gasteiger partial charge >= 0.3 is 0 Å². The summed E-state index contributed by atoms with van der Waals surface area (Å²) >= 11 is 0. The summed E-state index contributed by atoms with van der Waals surface area (Å²) in [5, 5.41) is 0. The van der Waals surface area contributed by atoms with Crippen molar-refractivity contribution in [3.05, 3.63) is 77.6 Å². The lowest BCUT2D eigenvalue weighted by Crippen LogP contribution is -1.97. The zero-order chi connectivity index (χ0) is 16.1. The Morgan fingerprint density at radius 2 is 1.73 bits per heavy atom. The van der Waals surface area contributed by atoms with Crippen molar-refractivity contribution in [3.63, 3.8) is 0 Å². The van der Waals surface area contributed by atoms with Gasteiger partial charge in [0.2, 0.25) is 0 Å². The highest BCUT2D eigenvalue weighted by atomic mass is 14.9. The first kappa shape index (κ1) is 15.8. The molecular weight excluding hydrogens is 268 g/mol. The summed E-state index contributed by atoms with van der Waals surface area (Å²) in [6, 6.07) is 14.8. The third-order valence-corrected chi connectivity index (χ3v) is 3.68. The van der Waals surface area contributed by atoms with Crippen LogP contribution in [0, 0.1) is 13.8 Å². The van der Waals surface area contributed by atoms with Crippen LogP contribution >= 0.6 is 0 Å². The van der Waals surface area contributed by atoms with Crippen LogP contribution in [-0.2, 0) is 0 Å². The van der Waals surface area contributed by atoms with E-state index in [1.54, 1.807) is 6.21 Å². The fourth-order valence-electron chi connectivity index (χ4n) is 2.57. The lowest BCUT2D eigenvalue weighted by atomic mass is 9.89. The average molecular weight is 290 g/mol. The molecule has 0 saturated heterocycles. The maximum absolute atomic E-state index is 5.56. The van der Waals surface area contributed by atoms with Gasteiger partial charge in [0.15, 0.2) is 0 Å². The highest BCUT2D eigenvalue weighted by Gasteiger charge is 2.12. The summed E-state index contributed by atoms with van der Waals surface area (Å²) in [5.74, 6) is 0.310. The Hall–Kier alpha value is -2.61. The molecule has 0 spiro atoms. The average Bonchev–Trinajstić information content (AvgIpc) is 2.49. The Morgan fingerprint density at radius 1 is 1.05 bits per heavy atom. The molecule has 0 amide bonds. The molecule has 0 fully saturated rings. The zero-order valence-corrected chi connectivity index (χ0v) is 13.4. The van der Waals surface area contributed by atoms with Gasteiger partial charge in [-0.15, -0.1) is 0 Å². The quantitative estimate of drug-likeness (QED) is 0.801. The fraction of sp³-hybridized carbons (Fsp3) is 0.150. The highest BCUT2D eigenvalue weighted by molar-refractivity contribution is 6.12. The van der Waals surface area contributed by atoms with Crippen molar-refractivity contribution in [2.24, 2.45) is 10.7 Å². The first-order chi connectivity index (χ1) is 10.5. The Balaban J connectivity index is 2.66. The summed E-state index contributed by atoms with van der Waals surface area (Å²) in [5.41, 5.74) is 12.7. The first-order valence-corrected chi connectivity index (χ1v) is 7.35. The Labute approximate surface area is 132 Å². The molecule has 112 valence electrons. The number of hydrogen-bond acceptors (Lipinski definition) is 2. The van der Waals surface area contributed by atoms with E-state index in [9.17, 15) is 0 Å². The number of nitrogens with zero attached hydrogens (tertiary/aromatic N) is 1. The van der Waals surface area contributed by atoms with Crippen LogP contribution in [0.25, 0.3) is 16.7 Å². The van der Waals surface area contributed by atoms with E-state index in [4.69, 9.17) is 5.73 Å². The molecule has 2 heteroatoms. The standard InChI is InChI=1S/C20H22N2/c1-5-17(13-22-16(4)21)19-12-8-10-15(3)20(19)18-11-7-6-9-14(18)2/h5-13H,4,21H2,1-3H3/b17-5+,22-13-. The number of nitrogens with two attached hydrogens (primary N) is 1. The zero-order valence-electron chi connectivity index (χ0n) is 13.4. The van der Waals surface area contributed by atoms with E-state index in [1.165, 1.54) is 22.3 Å². The van der Waals surface area contributed by atoms with Crippen molar-refractivity contribution in [3.8, 4) is 11.1 Å². The number of rotatable bonds is 4. The van der Waals surface area contributed by atoms with Crippen molar-refractivity contribution >= 4 is 11.8 Å². The van der Waals surface area contributed by atoms with Gasteiger partial charge < -0.3 is 5.73 Å². The molecule has 2 rings (SSSR count). The lowest BCUT2D eigenvalue weighted by molar-refractivity contribution is 1.28. The van der Waals surface area contributed by atoms with Crippen molar-refractivity contribution in [1.29, 1.82) is 0 Å². The number of aliphatic imine (C=N–C) groups is 1. The first-order valence-electron chi connectivity index (χ1n) is 7.35. The van der Waals surface area contributed by atoms with E-state index in [0.717, 1.165) is 11.1 Å². The number of hydrogen-bond donors (Lipinski definition) is 1. The van der Waals surface area contributed by atoms with Gasteiger partial charge in [-0.25, -0.2) is 4.99 Å². The third-order valence-electron chi connectivity index (χ3n) is 3.68. The van der Waals surface area contributed by atoms with E-state index in [2.05, 4.69) is 67.9 Å². The van der Waals surface area contributed by atoms with E-state index in [-0.39, 0.29) is 0 Å². The van der Waals surface area contributed by atoms with E-state index in [0.29, 0.717) is 5.82 Å². The molecule has 0 aliphatic heterocycles. The molecule has 2 aromatic rings. The molecule has 0 heterocycles. The molecule has 22 heavy (non-hydrogen) atoms. The molecule has 0 aromatic heterocycles. The van der Waals surface area contributed by atoms with Crippen molar-refractivity contribution in [2.45, 2.75) is 20.8 Å². The second-order valence-electron chi connectivity index (χ2n) is 5.31. The molecule has 0 aliphatic rings. The molecule has 0 aliphatic carbocycles. The smallest absolute Gasteiger partial charge is 0.116 e. The number of benzene rings is 2. The molecule has 2 nitrogen and oxygen atoms in total. The van der Waals surface area contributed by atoms with E-state index >= 15 is 0 Å². The highest BCUT2D eigenvalue weighted by Crippen LogP contribution is 2.33. The fourth-order valence-corrected chi connectivity index (χ4v) is 2.57. The third kappa shape index (κ3) is 3.34. The van der Waals surface area contributed by atoms with Crippen LogP contribution in [0.5, 0.6) is 0 Å². The van der Waals surface area contributed by atoms with Crippen LogP contribution in [0.1, 0.15) is 23.6 Å². The SMILES string of the molecule is C=C(N)/N=C\C(=C/C)c1cccc(C)c1-c1ccccc1C. The van der Waals surface area contributed by atoms with Crippen molar-refractivity contribution in [2.75, 3.05) is 0 Å². The predicted octanol–water partition coefficient (Wildman–Crippen LogP) is 4.87. The molecule has 0 atom stereocenters. The van der Waals surface area contributed by atoms with Crippen LogP contribution in [0.15, 0.2) is 65.9 Å². The van der Waals surface area contributed by atoms with Crippen LogP contribution < -0.4 is 5.73 Å². The Bertz CT molecular complexity index is 752. The summed E-state index contributed by atoms with van der Waals surface area (Å²) in [6.07, 6.45) is 3.82. The monoisotopic (exact) mass is 290 g/mol. The van der Waals surface area contributed by atoms with Crippen LogP contribution in [0.4, 0.5) is 0 Å². The van der Waals surface area contributed by atoms with Crippen molar-refractivity contribution < 1.29 is 0 Å². The summed E-state index contributed by atoms with van der Waals surface area (Å²) < 4.78 is 0. The van der Waals surface area contributed by atoms with E-state index < -0.39 is 0 Å². The van der Waals surface area contributed by atoms with Gasteiger partial charge in [-0.3, -0.25) is 0 Å². The van der Waals surface area contributed by atoms with Gasteiger partial charge in [0.05, 0.1) is 0 Å². The molecule has 2 aromatic carbocycles. The van der Waals surface area contributed by atoms with Gasteiger partial charge in [0.25, 0.3) is 0 Å². The Kier molecular flexibility index (Phi) is 4.95. The minimum absolute atomic E-state index is 0.310. The summed E-state index contributed by atoms with van der Waals surface area (Å²) in [4.78, 5) is 4.15. The lowest BCUT2D eigenvalue weighted by Gasteiger charge is -2.15. The number of aryl methyl sites for hydroxylation is 2. The van der Waals surface area contributed by atoms with Crippen molar-refractivity contribution in [1.82, 2.24) is 0 Å². The summed E-state index contributed by atoms with van der Waals surface area (Å²) in [7, 11) is 0. The van der Waals surface area contributed by atoms with Gasteiger partial charge in [0, 0.05) is 6.21 Å². The maximum atomic E-state index is 5.56. The molecule has 2 N–H and O–H groups in total. The molecule has 0 saturated carbocycles. The largest absolute Gasteiger partial charge is 0.384 e. The van der Waals surface area contributed by atoms with Gasteiger partial charge in [-0.2, -0.15) is 0 Å². The van der Waals surface area contributed by atoms with Gasteiger partial charge in [-0.05, 0) is 54.2 Å². The molecule has 0 radical (unpaired) electrons. The second kappa shape index (κ2) is 6.90. The van der Waals surface area contributed by atoms with Gasteiger partial charge in [0.1, 0.15) is 5.82 Å². The number of allylic oxidation sites excluding steroid dienone is 2. The minimum Gasteiger partial charge on any atom is -0.384 e. The van der Waals surface area contributed by atoms with Crippen LogP contribution in [0.3, 0.4) is 0 Å². The van der Waals surface area contributed by atoms with Gasteiger partial charge in [-0.1, -0.05) is 55.1 Å².